The number of hydrogen-bond acceptors (Lipinski definition) is 1. The second kappa shape index (κ2) is 3.25. The lowest BCUT2D eigenvalue weighted by Crippen LogP contribution is -2.19. The SMILES string of the molecule is NC(=O)Nc1ccc[c]c1Cl. The first-order valence-corrected chi connectivity index (χ1v) is 3.30. The van der Waals surface area contributed by atoms with Crippen LogP contribution in [0.3, 0.4) is 0 Å². The molecule has 1 aromatic rings. The molecule has 0 heterocycles. The second-order valence-corrected chi connectivity index (χ2v) is 2.26. The number of benzene rings is 1. The number of carbonyl (C=O) groups is 1. The predicted octanol–water partition coefficient (Wildman–Crippen LogP) is 1.63. The normalized spacial score (nSPS) is 9.18. The van der Waals surface area contributed by atoms with Gasteiger partial charge in [0.2, 0.25) is 0 Å². The van der Waals surface area contributed by atoms with Crippen molar-refractivity contribution in [2.24, 2.45) is 5.73 Å². The van der Waals surface area contributed by atoms with Crippen LogP contribution in [0.15, 0.2) is 18.2 Å². The number of nitrogens with two attached hydrogens (primary N) is 1. The van der Waals surface area contributed by atoms with Crippen molar-refractivity contribution in [1.29, 1.82) is 0 Å². The molecule has 0 bridgehead atoms. The molecule has 57 valence electrons. The quantitative estimate of drug-likeness (QED) is 0.660. The topological polar surface area (TPSA) is 55.1 Å². The minimum Gasteiger partial charge on any atom is -0.351 e. The fourth-order valence-corrected chi connectivity index (χ4v) is 0.819. The fourth-order valence-electron chi connectivity index (χ4n) is 0.646. The van der Waals surface area contributed by atoms with Crippen LogP contribution in [0.2, 0.25) is 5.02 Å². The van der Waals surface area contributed by atoms with Gasteiger partial charge in [0.15, 0.2) is 0 Å². The Hall–Kier alpha value is -1.22. The highest BCUT2D eigenvalue weighted by Crippen LogP contribution is 2.18. The Balaban J connectivity index is 2.86. The number of halogens is 1. The van der Waals surface area contributed by atoms with Crippen LogP contribution in [-0.2, 0) is 0 Å². The number of primary amides is 1. The van der Waals surface area contributed by atoms with Crippen LogP contribution in [0.4, 0.5) is 10.5 Å². The van der Waals surface area contributed by atoms with Crippen LogP contribution < -0.4 is 11.1 Å². The molecule has 4 heteroatoms. The third-order valence-electron chi connectivity index (χ3n) is 1.06. The number of nitrogens with one attached hydrogen (secondary N) is 1. The van der Waals surface area contributed by atoms with E-state index in [-0.39, 0.29) is 0 Å². The number of rotatable bonds is 1. The summed E-state index contributed by atoms with van der Waals surface area (Å²) in [6, 6.07) is 7.06. The van der Waals surface area contributed by atoms with Crippen LogP contribution in [0.5, 0.6) is 0 Å². The maximum atomic E-state index is 10.4. The molecule has 1 aromatic carbocycles. The standard InChI is InChI=1S/C7H6ClN2O/c8-5-3-1-2-4-6(5)10-7(9)11/h1-2,4H,(H3,9,10,11). The van der Waals surface area contributed by atoms with Crippen molar-refractivity contribution in [3.05, 3.63) is 29.3 Å². The van der Waals surface area contributed by atoms with Gasteiger partial charge in [-0.1, -0.05) is 23.7 Å². The molecular formula is C7H6ClN2O. The Morgan fingerprint density at radius 1 is 1.73 bits per heavy atom. The zero-order valence-electron chi connectivity index (χ0n) is 5.60. The van der Waals surface area contributed by atoms with Crippen LogP contribution in [0.1, 0.15) is 0 Å². The molecule has 0 aromatic heterocycles. The molecule has 0 unspecified atom stereocenters. The first-order valence-electron chi connectivity index (χ1n) is 2.93. The molecule has 2 amide bonds. The highest BCUT2D eigenvalue weighted by Gasteiger charge is 1.99. The second-order valence-electron chi connectivity index (χ2n) is 1.89. The number of hydrogen-bond donors (Lipinski definition) is 2. The smallest absolute Gasteiger partial charge is 0.316 e. The summed E-state index contributed by atoms with van der Waals surface area (Å²) in [5.41, 5.74) is 5.34. The predicted molar refractivity (Wildman–Crippen MR) is 43.5 cm³/mol. The fraction of sp³-hybridized carbons (Fsp3) is 0. The molecule has 0 aliphatic carbocycles. The van der Waals surface area contributed by atoms with Gasteiger partial charge in [0, 0.05) is 6.07 Å². The van der Waals surface area contributed by atoms with Gasteiger partial charge in [-0.15, -0.1) is 0 Å². The number of amides is 2. The first kappa shape index (κ1) is 7.88. The third-order valence-corrected chi connectivity index (χ3v) is 1.38. The van der Waals surface area contributed by atoms with Gasteiger partial charge in [0.1, 0.15) is 0 Å². The van der Waals surface area contributed by atoms with E-state index in [2.05, 4.69) is 11.4 Å². The van der Waals surface area contributed by atoms with E-state index in [1.165, 1.54) is 0 Å². The zero-order valence-corrected chi connectivity index (χ0v) is 6.35. The van der Waals surface area contributed by atoms with Crippen molar-refractivity contribution in [1.82, 2.24) is 0 Å². The lowest BCUT2D eigenvalue weighted by molar-refractivity contribution is 0.259. The third kappa shape index (κ3) is 2.13. The summed E-state index contributed by atoms with van der Waals surface area (Å²) in [6.07, 6.45) is 0. The van der Waals surface area contributed by atoms with Crippen LogP contribution >= 0.6 is 11.6 Å². The number of urea groups is 1. The van der Waals surface area contributed by atoms with Gasteiger partial charge in [-0.2, -0.15) is 0 Å². The van der Waals surface area contributed by atoms with Crippen molar-refractivity contribution in [3.63, 3.8) is 0 Å². The van der Waals surface area contributed by atoms with E-state index in [0.717, 1.165) is 0 Å². The van der Waals surface area contributed by atoms with Gasteiger partial charge in [-0.3, -0.25) is 0 Å². The molecule has 0 saturated heterocycles. The first-order chi connectivity index (χ1) is 5.20. The van der Waals surface area contributed by atoms with Gasteiger partial charge in [-0.05, 0) is 6.07 Å². The van der Waals surface area contributed by atoms with Crippen LogP contribution in [0.25, 0.3) is 0 Å². The summed E-state index contributed by atoms with van der Waals surface area (Å²) in [5, 5.41) is 2.70. The summed E-state index contributed by atoms with van der Waals surface area (Å²) in [6.45, 7) is 0. The summed E-state index contributed by atoms with van der Waals surface area (Å²) in [5.74, 6) is 0. The average Bonchev–Trinajstić information content (AvgIpc) is 1.93. The van der Waals surface area contributed by atoms with Gasteiger partial charge >= 0.3 is 6.03 Å². The molecular weight excluding hydrogens is 164 g/mol. The Morgan fingerprint density at radius 2 is 2.45 bits per heavy atom. The van der Waals surface area contributed by atoms with E-state index in [1.54, 1.807) is 18.2 Å². The molecule has 1 radical (unpaired) electrons. The molecule has 0 aliphatic rings. The maximum Gasteiger partial charge on any atom is 0.316 e. The molecule has 0 atom stereocenters. The monoisotopic (exact) mass is 169 g/mol. The Kier molecular flexibility index (Phi) is 2.33. The molecule has 0 aliphatic heterocycles. The Bertz CT molecular complexity index is 275. The maximum absolute atomic E-state index is 10.4. The Labute approximate surface area is 69.2 Å². The van der Waals surface area contributed by atoms with E-state index in [4.69, 9.17) is 17.3 Å². The van der Waals surface area contributed by atoms with Crippen molar-refractivity contribution >= 4 is 23.3 Å². The number of anilines is 1. The number of carbonyl (C=O) groups excluding carboxylic acids is 1. The van der Waals surface area contributed by atoms with Crippen LogP contribution in [-0.4, -0.2) is 6.03 Å². The zero-order chi connectivity index (χ0) is 8.27. The molecule has 11 heavy (non-hydrogen) atoms. The minimum atomic E-state index is -0.633. The van der Waals surface area contributed by atoms with Crippen molar-refractivity contribution in [2.75, 3.05) is 5.32 Å². The lowest BCUT2D eigenvalue weighted by atomic mass is 10.3. The summed E-state index contributed by atoms with van der Waals surface area (Å²) >= 11 is 5.64. The van der Waals surface area contributed by atoms with Crippen molar-refractivity contribution < 1.29 is 4.79 Å². The summed E-state index contributed by atoms with van der Waals surface area (Å²) in [7, 11) is 0. The summed E-state index contributed by atoms with van der Waals surface area (Å²) in [4.78, 5) is 10.4. The van der Waals surface area contributed by atoms with Gasteiger partial charge in [0.05, 0.1) is 10.7 Å². The Morgan fingerprint density at radius 3 is 3.00 bits per heavy atom. The van der Waals surface area contributed by atoms with Crippen molar-refractivity contribution in [2.45, 2.75) is 0 Å². The van der Waals surface area contributed by atoms with E-state index in [0.29, 0.717) is 10.7 Å². The molecule has 0 fully saturated rings. The molecule has 0 spiro atoms. The van der Waals surface area contributed by atoms with E-state index in [9.17, 15) is 4.79 Å². The van der Waals surface area contributed by atoms with Crippen LogP contribution in [0, 0.1) is 6.07 Å². The van der Waals surface area contributed by atoms with E-state index >= 15 is 0 Å². The molecule has 0 saturated carbocycles. The minimum absolute atomic E-state index is 0.353. The highest BCUT2D eigenvalue weighted by atomic mass is 35.5. The summed E-state index contributed by atoms with van der Waals surface area (Å²) < 4.78 is 0. The van der Waals surface area contributed by atoms with Gasteiger partial charge in [-0.25, -0.2) is 4.79 Å². The van der Waals surface area contributed by atoms with E-state index in [1.807, 2.05) is 0 Å². The van der Waals surface area contributed by atoms with Crippen molar-refractivity contribution in [3.8, 4) is 0 Å². The van der Waals surface area contributed by atoms with Gasteiger partial charge < -0.3 is 11.1 Å². The lowest BCUT2D eigenvalue weighted by Gasteiger charge is -2.01. The highest BCUT2D eigenvalue weighted by molar-refractivity contribution is 6.33. The molecule has 3 nitrogen and oxygen atoms in total. The molecule has 1 rings (SSSR count). The largest absolute Gasteiger partial charge is 0.351 e. The van der Waals surface area contributed by atoms with E-state index < -0.39 is 6.03 Å². The molecule has 3 N–H and O–H groups in total. The van der Waals surface area contributed by atoms with Gasteiger partial charge in [0.25, 0.3) is 0 Å². The average molecular weight is 170 g/mol.